The highest BCUT2D eigenvalue weighted by Gasteiger charge is 2.25. The van der Waals surface area contributed by atoms with E-state index in [2.05, 4.69) is 5.32 Å². The molecule has 2 aromatic rings. The van der Waals surface area contributed by atoms with Gasteiger partial charge >= 0.3 is 0 Å². The summed E-state index contributed by atoms with van der Waals surface area (Å²) in [5, 5.41) is 3.99. The van der Waals surface area contributed by atoms with Gasteiger partial charge in [-0.05, 0) is 30.3 Å². The molecule has 1 aliphatic heterocycles. The molecule has 0 bridgehead atoms. The van der Waals surface area contributed by atoms with Crippen molar-refractivity contribution in [1.29, 1.82) is 0 Å². The van der Waals surface area contributed by atoms with Crippen molar-refractivity contribution < 1.29 is 9.13 Å². The van der Waals surface area contributed by atoms with Crippen molar-refractivity contribution in [3.05, 3.63) is 63.9 Å². The average Bonchev–Trinajstić information content (AvgIpc) is 2.93. The largest absolute Gasteiger partial charge is 0.493 e. The predicted octanol–water partition coefficient (Wildman–Crippen LogP) is 4.11. The first-order valence-corrected chi connectivity index (χ1v) is 7.51. The number of hydrogen-bond donors (Lipinski definition) is 1. The molecule has 21 heavy (non-hydrogen) atoms. The Kier molecular flexibility index (Phi) is 4.13. The number of ether oxygens (including phenoxy) is 1. The highest BCUT2D eigenvalue weighted by Crippen LogP contribution is 2.39. The zero-order valence-corrected chi connectivity index (χ0v) is 12.6. The Morgan fingerprint density at radius 3 is 2.86 bits per heavy atom. The lowest BCUT2D eigenvalue weighted by Gasteiger charge is -2.22. The number of benzene rings is 2. The molecule has 0 aliphatic carbocycles. The topological polar surface area (TPSA) is 21.3 Å². The van der Waals surface area contributed by atoms with Crippen molar-refractivity contribution in [3.8, 4) is 5.75 Å². The molecule has 0 fully saturated rings. The van der Waals surface area contributed by atoms with Gasteiger partial charge in [-0.15, -0.1) is 0 Å². The van der Waals surface area contributed by atoms with Gasteiger partial charge in [-0.2, -0.15) is 0 Å². The van der Waals surface area contributed by atoms with Gasteiger partial charge in [-0.1, -0.05) is 36.7 Å². The third-order valence-corrected chi connectivity index (χ3v) is 3.93. The van der Waals surface area contributed by atoms with Crippen molar-refractivity contribution >= 4 is 11.6 Å². The molecule has 0 amide bonds. The van der Waals surface area contributed by atoms with Gasteiger partial charge in [-0.25, -0.2) is 4.39 Å². The monoisotopic (exact) mass is 305 g/mol. The third kappa shape index (κ3) is 2.76. The minimum Gasteiger partial charge on any atom is -0.493 e. The van der Waals surface area contributed by atoms with Gasteiger partial charge in [0.2, 0.25) is 0 Å². The molecule has 2 aromatic carbocycles. The summed E-state index contributed by atoms with van der Waals surface area (Å²) in [6.07, 6.45) is 0.846. The van der Waals surface area contributed by atoms with Crippen LogP contribution in [0.2, 0.25) is 5.02 Å². The first-order chi connectivity index (χ1) is 10.2. The quantitative estimate of drug-likeness (QED) is 0.917. The first kappa shape index (κ1) is 14.4. The van der Waals surface area contributed by atoms with Gasteiger partial charge in [-0.3, -0.25) is 0 Å². The van der Waals surface area contributed by atoms with E-state index >= 15 is 0 Å². The zero-order chi connectivity index (χ0) is 14.8. The predicted molar refractivity (Wildman–Crippen MR) is 82.6 cm³/mol. The normalized spacial score (nSPS) is 14.6. The third-order valence-electron chi connectivity index (χ3n) is 3.71. The summed E-state index contributed by atoms with van der Waals surface area (Å²) in [4.78, 5) is 0. The Balaban J connectivity index is 2.13. The van der Waals surface area contributed by atoms with E-state index in [4.69, 9.17) is 16.3 Å². The van der Waals surface area contributed by atoms with Crippen molar-refractivity contribution in [2.24, 2.45) is 0 Å². The van der Waals surface area contributed by atoms with E-state index in [-0.39, 0.29) is 11.9 Å². The molecule has 3 rings (SSSR count). The lowest BCUT2D eigenvalue weighted by atomic mass is 9.95. The van der Waals surface area contributed by atoms with Crippen LogP contribution in [0, 0.1) is 5.82 Å². The minimum absolute atomic E-state index is 0.227. The fourth-order valence-electron chi connectivity index (χ4n) is 2.81. The lowest BCUT2D eigenvalue weighted by molar-refractivity contribution is 0.350. The maximum atomic E-state index is 14.2. The highest BCUT2D eigenvalue weighted by molar-refractivity contribution is 6.30. The van der Waals surface area contributed by atoms with Crippen molar-refractivity contribution in [2.75, 3.05) is 13.2 Å². The Labute approximate surface area is 128 Å². The fraction of sp³-hybridized carbons (Fsp3) is 0.294. The number of fused-ring (bicyclic) bond motifs is 1. The average molecular weight is 306 g/mol. The molecule has 4 heteroatoms. The van der Waals surface area contributed by atoms with E-state index in [1.807, 2.05) is 25.1 Å². The van der Waals surface area contributed by atoms with Crippen LogP contribution < -0.4 is 10.1 Å². The van der Waals surface area contributed by atoms with Crippen LogP contribution in [0.1, 0.15) is 29.7 Å². The smallest absolute Gasteiger partial charge is 0.128 e. The summed E-state index contributed by atoms with van der Waals surface area (Å²) in [6, 6.07) is 10.3. The summed E-state index contributed by atoms with van der Waals surface area (Å²) in [5.41, 5.74) is 2.61. The van der Waals surface area contributed by atoms with E-state index in [0.717, 1.165) is 29.8 Å². The molecule has 0 saturated heterocycles. The van der Waals surface area contributed by atoms with Crippen LogP contribution in [0.3, 0.4) is 0 Å². The molecule has 1 heterocycles. The summed E-state index contributed by atoms with van der Waals surface area (Å²) < 4.78 is 19.9. The van der Waals surface area contributed by atoms with Crippen LogP contribution in [0.25, 0.3) is 0 Å². The van der Waals surface area contributed by atoms with Crippen LogP contribution in [0.5, 0.6) is 5.75 Å². The van der Waals surface area contributed by atoms with Gasteiger partial charge in [0.05, 0.1) is 12.6 Å². The molecule has 1 aliphatic rings. The summed E-state index contributed by atoms with van der Waals surface area (Å²) in [5.74, 6) is 0.615. The van der Waals surface area contributed by atoms with Gasteiger partial charge in [0.25, 0.3) is 0 Å². The first-order valence-electron chi connectivity index (χ1n) is 7.13. The van der Waals surface area contributed by atoms with E-state index in [9.17, 15) is 4.39 Å². The number of nitrogens with one attached hydrogen (secondary N) is 1. The summed E-state index contributed by atoms with van der Waals surface area (Å²) in [7, 11) is 0. The molecule has 110 valence electrons. The Bertz CT molecular complexity index is 659. The maximum Gasteiger partial charge on any atom is 0.128 e. The molecule has 0 aromatic heterocycles. The van der Waals surface area contributed by atoms with E-state index in [1.54, 1.807) is 12.1 Å². The summed E-state index contributed by atoms with van der Waals surface area (Å²) >= 11 is 6.22. The van der Waals surface area contributed by atoms with Gasteiger partial charge in [0, 0.05) is 22.6 Å². The Morgan fingerprint density at radius 1 is 1.29 bits per heavy atom. The number of rotatable bonds is 4. The molecule has 0 spiro atoms. The number of hydrogen-bond acceptors (Lipinski definition) is 2. The highest BCUT2D eigenvalue weighted by atomic mass is 35.5. The van der Waals surface area contributed by atoms with E-state index < -0.39 is 0 Å². The van der Waals surface area contributed by atoms with E-state index in [0.29, 0.717) is 17.2 Å². The Hall–Kier alpha value is -1.58. The Morgan fingerprint density at radius 2 is 2.10 bits per heavy atom. The molecule has 0 saturated carbocycles. The SMILES string of the molecule is CCNC(c1ccccc1F)c1cc(Cl)cc2c1OCC2. The minimum atomic E-state index is -0.262. The maximum absolute atomic E-state index is 14.2. The molecule has 1 unspecified atom stereocenters. The van der Waals surface area contributed by atoms with Gasteiger partial charge in [0.15, 0.2) is 0 Å². The van der Waals surface area contributed by atoms with Crippen LogP contribution in [-0.4, -0.2) is 13.2 Å². The van der Waals surface area contributed by atoms with Crippen LogP contribution in [-0.2, 0) is 6.42 Å². The van der Waals surface area contributed by atoms with Crippen molar-refractivity contribution in [1.82, 2.24) is 5.32 Å². The second-order valence-electron chi connectivity index (χ2n) is 5.09. The molecule has 2 nitrogen and oxygen atoms in total. The van der Waals surface area contributed by atoms with Crippen LogP contribution >= 0.6 is 11.6 Å². The van der Waals surface area contributed by atoms with Crippen LogP contribution in [0.4, 0.5) is 4.39 Å². The van der Waals surface area contributed by atoms with Crippen molar-refractivity contribution in [3.63, 3.8) is 0 Å². The van der Waals surface area contributed by atoms with Crippen molar-refractivity contribution in [2.45, 2.75) is 19.4 Å². The lowest BCUT2D eigenvalue weighted by Crippen LogP contribution is -2.23. The van der Waals surface area contributed by atoms with Crippen LogP contribution in [0.15, 0.2) is 36.4 Å². The van der Waals surface area contributed by atoms with E-state index in [1.165, 1.54) is 6.07 Å². The molecule has 1 N–H and O–H groups in total. The molecule has 1 atom stereocenters. The summed E-state index contributed by atoms with van der Waals surface area (Å²) in [6.45, 7) is 3.37. The second-order valence-corrected chi connectivity index (χ2v) is 5.53. The molecular weight excluding hydrogens is 289 g/mol. The van der Waals surface area contributed by atoms with Gasteiger partial charge in [0.1, 0.15) is 11.6 Å². The number of halogens is 2. The zero-order valence-electron chi connectivity index (χ0n) is 11.8. The molecule has 0 radical (unpaired) electrons. The molecular formula is C17H17ClFNO. The standard InChI is InChI=1S/C17H17ClFNO/c1-2-20-16(13-5-3-4-6-15(13)19)14-10-12(18)9-11-7-8-21-17(11)14/h3-6,9-10,16,20H,2,7-8H2,1H3. The second kappa shape index (κ2) is 6.04. The fourth-order valence-corrected chi connectivity index (χ4v) is 3.06. The van der Waals surface area contributed by atoms with Gasteiger partial charge < -0.3 is 10.1 Å².